The highest BCUT2D eigenvalue weighted by Gasteiger charge is 2.39. The van der Waals surface area contributed by atoms with Gasteiger partial charge in [-0.3, -0.25) is 0 Å². The second kappa shape index (κ2) is 3.44. The molecule has 0 amide bonds. The van der Waals surface area contributed by atoms with Crippen molar-refractivity contribution in [3.8, 4) is 11.8 Å². The van der Waals surface area contributed by atoms with Gasteiger partial charge in [0.2, 0.25) is 0 Å². The molecule has 1 aliphatic rings. The van der Waals surface area contributed by atoms with Gasteiger partial charge in [0.15, 0.2) is 5.79 Å². The van der Waals surface area contributed by atoms with Crippen molar-refractivity contribution in [1.82, 2.24) is 0 Å². The van der Waals surface area contributed by atoms with Crippen molar-refractivity contribution in [2.75, 3.05) is 6.61 Å². The third-order valence-electron chi connectivity index (χ3n) is 1.65. The second-order valence-corrected chi connectivity index (χ2v) is 3.17. The summed E-state index contributed by atoms with van der Waals surface area (Å²) in [6.07, 6.45) is -0.609. The van der Waals surface area contributed by atoms with E-state index < -0.39 is 5.79 Å². The van der Waals surface area contributed by atoms with Gasteiger partial charge in [-0.25, -0.2) is 0 Å². The van der Waals surface area contributed by atoms with Crippen molar-refractivity contribution >= 4 is 0 Å². The van der Waals surface area contributed by atoms with Gasteiger partial charge in [0, 0.05) is 0 Å². The van der Waals surface area contributed by atoms with Crippen LogP contribution in [0.5, 0.6) is 0 Å². The summed E-state index contributed by atoms with van der Waals surface area (Å²) in [7, 11) is 0. The molecule has 0 radical (unpaired) electrons. The molecule has 0 spiro atoms. The first kappa shape index (κ1) is 9.53. The first-order valence-electron chi connectivity index (χ1n) is 3.98. The summed E-state index contributed by atoms with van der Waals surface area (Å²) in [5.41, 5.74) is 0. The molecule has 1 fully saturated rings. The van der Waals surface area contributed by atoms with Crippen LogP contribution >= 0.6 is 0 Å². The van der Waals surface area contributed by atoms with Crippen LogP contribution in [-0.4, -0.2) is 29.7 Å². The largest absolute Gasteiger partial charge is 0.394 e. The lowest BCUT2D eigenvalue weighted by Crippen LogP contribution is -2.24. The zero-order valence-electron chi connectivity index (χ0n) is 7.63. The van der Waals surface area contributed by atoms with E-state index in [0.29, 0.717) is 0 Å². The number of hydrogen-bond donors (Lipinski definition) is 1. The average molecular weight is 170 g/mol. The Morgan fingerprint density at radius 2 is 2.08 bits per heavy atom. The fourth-order valence-corrected chi connectivity index (χ4v) is 1.23. The summed E-state index contributed by atoms with van der Waals surface area (Å²) in [5.74, 6) is 4.97. The summed E-state index contributed by atoms with van der Waals surface area (Å²) in [6, 6.07) is 0. The number of hydrogen-bond acceptors (Lipinski definition) is 3. The summed E-state index contributed by atoms with van der Waals surface area (Å²) < 4.78 is 10.8. The molecule has 1 N–H and O–H groups in total. The summed E-state index contributed by atoms with van der Waals surface area (Å²) in [5, 5.41) is 8.92. The molecule has 0 aromatic rings. The Hall–Kier alpha value is -0.560. The van der Waals surface area contributed by atoms with Gasteiger partial charge in [-0.05, 0) is 20.8 Å². The number of ether oxygens (including phenoxy) is 2. The van der Waals surface area contributed by atoms with Crippen molar-refractivity contribution in [3.63, 3.8) is 0 Å². The molecule has 3 heteroatoms. The molecule has 1 saturated heterocycles. The van der Waals surface area contributed by atoms with Gasteiger partial charge in [0.1, 0.15) is 12.2 Å². The van der Waals surface area contributed by atoms with Gasteiger partial charge in [-0.1, -0.05) is 5.92 Å². The lowest BCUT2D eigenvalue weighted by Gasteiger charge is -2.15. The Bertz CT molecular complexity index is 212. The van der Waals surface area contributed by atoms with Crippen LogP contribution in [0.3, 0.4) is 0 Å². The molecular weight excluding hydrogens is 156 g/mol. The highest BCUT2D eigenvalue weighted by Crippen LogP contribution is 2.27. The minimum Gasteiger partial charge on any atom is -0.394 e. The second-order valence-electron chi connectivity index (χ2n) is 3.17. The molecule has 0 bridgehead atoms. The van der Waals surface area contributed by atoms with Gasteiger partial charge in [0.05, 0.1) is 6.61 Å². The third kappa shape index (κ3) is 1.98. The molecule has 1 heterocycles. The normalized spacial score (nSPS) is 32.7. The van der Waals surface area contributed by atoms with E-state index in [2.05, 4.69) is 11.8 Å². The molecule has 1 aliphatic heterocycles. The Morgan fingerprint density at radius 3 is 2.58 bits per heavy atom. The number of aliphatic hydroxyl groups is 1. The van der Waals surface area contributed by atoms with Crippen LogP contribution in [0.2, 0.25) is 0 Å². The van der Waals surface area contributed by atoms with Gasteiger partial charge in [-0.15, -0.1) is 5.92 Å². The monoisotopic (exact) mass is 170 g/mol. The fraction of sp³-hybridized carbons (Fsp3) is 0.778. The van der Waals surface area contributed by atoms with Crippen molar-refractivity contribution < 1.29 is 14.6 Å². The topological polar surface area (TPSA) is 38.7 Å². The smallest absolute Gasteiger partial charge is 0.165 e. The molecule has 0 saturated carbocycles. The maximum Gasteiger partial charge on any atom is 0.165 e. The average Bonchev–Trinajstić information content (AvgIpc) is 2.26. The van der Waals surface area contributed by atoms with Crippen LogP contribution in [0, 0.1) is 11.8 Å². The van der Waals surface area contributed by atoms with Crippen LogP contribution in [0.1, 0.15) is 20.8 Å². The SMILES string of the molecule is CC#C[C@H]1OC(C)(C)O[C@H]1CO. The first-order chi connectivity index (χ1) is 5.59. The fourth-order valence-electron chi connectivity index (χ4n) is 1.23. The van der Waals surface area contributed by atoms with Crippen molar-refractivity contribution in [2.45, 2.75) is 38.8 Å². The minimum absolute atomic E-state index is 0.0528. The lowest BCUT2D eigenvalue weighted by molar-refractivity contribution is -0.145. The third-order valence-corrected chi connectivity index (χ3v) is 1.65. The van der Waals surface area contributed by atoms with E-state index in [0.717, 1.165) is 0 Å². The van der Waals surface area contributed by atoms with Gasteiger partial charge in [0.25, 0.3) is 0 Å². The zero-order valence-corrected chi connectivity index (χ0v) is 7.63. The highest BCUT2D eigenvalue weighted by atomic mass is 16.8. The highest BCUT2D eigenvalue weighted by molar-refractivity contribution is 5.08. The van der Waals surface area contributed by atoms with Crippen molar-refractivity contribution in [1.29, 1.82) is 0 Å². The van der Waals surface area contributed by atoms with E-state index in [1.54, 1.807) is 6.92 Å². The van der Waals surface area contributed by atoms with Crippen molar-refractivity contribution in [2.24, 2.45) is 0 Å². The summed E-state index contributed by atoms with van der Waals surface area (Å²) in [4.78, 5) is 0. The molecule has 3 nitrogen and oxygen atoms in total. The molecule has 0 unspecified atom stereocenters. The molecule has 1 rings (SSSR count). The van der Waals surface area contributed by atoms with E-state index in [4.69, 9.17) is 14.6 Å². The van der Waals surface area contributed by atoms with Crippen LogP contribution in [0.25, 0.3) is 0 Å². The molecule has 2 atom stereocenters. The Kier molecular flexibility index (Phi) is 2.73. The van der Waals surface area contributed by atoms with E-state index in [1.165, 1.54) is 0 Å². The maximum atomic E-state index is 8.92. The zero-order chi connectivity index (χ0) is 9.19. The lowest BCUT2D eigenvalue weighted by atomic mass is 10.2. The standard InChI is InChI=1S/C9H14O3/c1-4-5-7-8(6-10)12-9(2,3)11-7/h7-8,10H,6H2,1-3H3/t7-,8+/m1/s1. The van der Waals surface area contributed by atoms with Crippen LogP contribution < -0.4 is 0 Å². The molecule has 0 aromatic heterocycles. The van der Waals surface area contributed by atoms with Gasteiger partial charge in [-0.2, -0.15) is 0 Å². The number of rotatable bonds is 1. The van der Waals surface area contributed by atoms with Crippen LogP contribution in [0.15, 0.2) is 0 Å². The molecule has 68 valence electrons. The van der Waals surface area contributed by atoms with E-state index in [1.807, 2.05) is 13.8 Å². The Morgan fingerprint density at radius 1 is 1.42 bits per heavy atom. The van der Waals surface area contributed by atoms with Crippen molar-refractivity contribution in [3.05, 3.63) is 0 Å². The number of aliphatic hydroxyl groups excluding tert-OH is 1. The minimum atomic E-state index is -0.623. The Labute approximate surface area is 72.7 Å². The Balaban J connectivity index is 2.67. The van der Waals surface area contributed by atoms with Crippen LogP contribution in [-0.2, 0) is 9.47 Å². The maximum absolute atomic E-state index is 8.92. The molecule has 0 aromatic carbocycles. The molecule has 12 heavy (non-hydrogen) atoms. The summed E-state index contributed by atoms with van der Waals surface area (Å²) >= 11 is 0. The van der Waals surface area contributed by atoms with Gasteiger partial charge >= 0.3 is 0 Å². The summed E-state index contributed by atoms with van der Waals surface area (Å²) in [6.45, 7) is 5.31. The molecular formula is C9H14O3. The quantitative estimate of drug-likeness (QED) is 0.583. The van der Waals surface area contributed by atoms with E-state index in [-0.39, 0.29) is 18.8 Å². The first-order valence-corrected chi connectivity index (χ1v) is 3.98. The van der Waals surface area contributed by atoms with E-state index in [9.17, 15) is 0 Å². The van der Waals surface area contributed by atoms with Crippen LogP contribution in [0.4, 0.5) is 0 Å². The predicted octanol–water partition coefficient (Wildman–Crippen LogP) is 0.522. The predicted molar refractivity (Wildman–Crippen MR) is 44.4 cm³/mol. The van der Waals surface area contributed by atoms with E-state index >= 15 is 0 Å². The molecule has 0 aliphatic carbocycles. The van der Waals surface area contributed by atoms with Gasteiger partial charge < -0.3 is 14.6 Å².